The lowest BCUT2D eigenvalue weighted by Gasteiger charge is -2.10. The highest BCUT2D eigenvalue weighted by molar-refractivity contribution is 5.95. The Hall–Kier alpha value is -2.09. The molecule has 0 atom stereocenters. The maximum Gasteiger partial charge on any atom is 0.338 e. The Morgan fingerprint density at radius 1 is 1.11 bits per heavy atom. The molecule has 0 radical (unpaired) electrons. The van der Waals surface area contributed by atoms with Gasteiger partial charge in [-0.25, -0.2) is 4.79 Å². The van der Waals surface area contributed by atoms with E-state index in [-0.39, 0.29) is 5.97 Å². The molecule has 0 aliphatic rings. The zero-order chi connectivity index (χ0) is 13.3. The van der Waals surface area contributed by atoms with Gasteiger partial charge < -0.3 is 4.74 Å². The van der Waals surface area contributed by atoms with Crippen molar-refractivity contribution in [2.75, 3.05) is 0 Å². The van der Waals surface area contributed by atoms with E-state index >= 15 is 0 Å². The minimum atomic E-state index is -0.388. The summed E-state index contributed by atoms with van der Waals surface area (Å²) in [7, 11) is 0. The van der Waals surface area contributed by atoms with Gasteiger partial charge in [0.1, 0.15) is 5.75 Å². The van der Waals surface area contributed by atoms with E-state index in [4.69, 9.17) is 4.74 Å². The molecule has 0 saturated heterocycles. The SMILES string of the molecule is C=C(C)C(=O)Oc1cccc2c(C)c(C)ccc12. The van der Waals surface area contributed by atoms with Gasteiger partial charge in [0, 0.05) is 11.0 Å². The second-order valence-corrected chi connectivity index (χ2v) is 4.53. The van der Waals surface area contributed by atoms with Crippen molar-refractivity contribution in [3.63, 3.8) is 0 Å². The number of carbonyl (C=O) groups is 1. The van der Waals surface area contributed by atoms with Crippen LogP contribution in [0, 0.1) is 13.8 Å². The van der Waals surface area contributed by atoms with E-state index in [0.717, 1.165) is 10.8 Å². The van der Waals surface area contributed by atoms with Crippen LogP contribution in [0.4, 0.5) is 0 Å². The molecule has 0 N–H and O–H groups in total. The third-order valence-electron chi connectivity index (χ3n) is 3.11. The largest absolute Gasteiger partial charge is 0.423 e. The van der Waals surface area contributed by atoms with Crippen LogP contribution < -0.4 is 4.74 Å². The van der Waals surface area contributed by atoms with Crippen molar-refractivity contribution in [1.82, 2.24) is 0 Å². The third-order valence-corrected chi connectivity index (χ3v) is 3.11. The maximum atomic E-state index is 11.6. The second kappa shape index (κ2) is 4.65. The molecule has 0 fully saturated rings. The Labute approximate surface area is 107 Å². The monoisotopic (exact) mass is 240 g/mol. The molecular weight excluding hydrogens is 224 g/mol. The fraction of sp³-hybridized carbons (Fsp3) is 0.188. The summed E-state index contributed by atoms with van der Waals surface area (Å²) in [5.41, 5.74) is 2.84. The quantitative estimate of drug-likeness (QED) is 0.451. The molecule has 2 aromatic rings. The molecule has 0 aliphatic carbocycles. The molecule has 18 heavy (non-hydrogen) atoms. The highest BCUT2D eigenvalue weighted by atomic mass is 16.5. The molecule has 0 saturated carbocycles. The first-order chi connectivity index (χ1) is 8.50. The molecule has 0 amide bonds. The molecule has 0 aliphatic heterocycles. The van der Waals surface area contributed by atoms with Crippen LogP contribution in [0.2, 0.25) is 0 Å². The van der Waals surface area contributed by atoms with Gasteiger partial charge in [0.05, 0.1) is 0 Å². The van der Waals surface area contributed by atoms with E-state index in [1.54, 1.807) is 13.0 Å². The van der Waals surface area contributed by atoms with E-state index in [9.17, 15) is 4.79 Å². The molecule has 0 bridgehead atoms. The number of esters is 1. The summed E-state index contributed by atoms with van der Waals surface area (Å²) in [6.07, 6.45) is 0. The predicted molar refractivity (Wildman–Crippen MR) is 73.9 cm³/mol. The summed E-state index contributed by atoms with van der Waals surface area (Å²) in [4.78, 5) is 11.6. The minimum absolute atomic E-state index is 0.388. The lowest BCUT2D eigenvalue weighted by atomic mass is 10.0. The Bertz CT molecular complexity index is 639. The average Bonchev–Trinajstić information content (AvgIpc) is 2.34. The lowest BCUT2D eigenvalue weighted by Crippen LogP contribution is -2.08. The van der Waals surface area contributed by atoms with E-state index in [2.05, 4.69) is 20.4 Å². The number of carbonyl (C=O) groups excluding carboxylic acids is 1. The molecule has 2 aromatic carbocycles. The van der Waals surface area contributed by atoms with Crippen molar-refractivity contribution in [1.29, 1.82) is 0 Å². The summed E-state index contributed by atoms with van der Waals surface area (Å²) in [6.45, 7) is 9.37. The molecular formula is C16H16O2. The normalized spacial score (nSPS) is 10.4. The van der Waals surface area contributed by atoms with Crippen molar-refractivity contribution < 1.29 is 9.53 Å². The molecule has 92 valence electrons. The van der Waals surface area contributed by atoms with Crippen LogP contribution in [0.1, 0.15) is 18.1 Å². The summed E-state index contributed by atoms with van der Waals surface area (Å²) >= 11 is 0. The Kier molecular flexibility index (Phi) is 3.19. The summed E-state index contributed by atoms with van der Waals surface area (Å²) < 4.78 is 5.35. The van der Waals surface area contributed by atoms with Crippen LogP contribution in [0.15, 0.2) is 42.5 Å². The molecule has 2 heteroatoms. The first kappa shape index (κ1) is 12.4. The van der Waals surface area contributed by atoms with E-state index in [1.165, 1.54) is 11.1 Å². The molecule has 2 rings (SSSR count). The van der Waals surface area contributed by atoms with Crippen LogP contribution in [0.5, 0.6) is 5.75 Å². The lowest BCUT2D eigenvalue weighted by molar-refractivity contribution is -0.129. The van der Waals surface area contributed by atoms with Crippen LogP contribution >= 0.6 is 0 Å². The molecule has 0 unspecified atom stereocenters. The number of hydrogen-bond acceptors (Lipinski definition) is 2. The van der Waals surface area contributed by atoms with Gasteiger partial charge in [0.15, 0.2) is 0 Å². The number of benzene rings is 2. The van der Waals surface area contributed by atoms with Gasteiger partial charge in [-0.15, -0.1) is 0 Å². The Morgan fingerprint density at radius 2 is 1.83 bits per heavy atom. The first-order valence-corrected chi connectivity index (χ1v) is 5.87. The molecule has 0 aromatic heterocycles. The van der Waals surface area contributed by atoms with Gasteiger partial charge >= 0.3 is 5.97 Å². The Balaban J connectivity index is 2.56. The average molecular weight is 240 g/mol. The number of aryl methyl sites for hydroxylation is 2. The molecule has 2 nitrogen and oxygen atoms in total. The number of hydrogen-bond donors (Lipinski definition) is 0. The Morgan fingerprint density at radius 3 is 2.50 bits per heavy atom. The van der Waals surface area contributed by atoms with Gasteiger partial charge in [0.2, 0.25) is 0 Å². The standard InChI is InChI=1S/C16H16O2/c1-10(2)16(17)18-15-7-5-6-13-12(4)11(3)8-9-14(13)15/h5-9H,1H2,2-4H3. The minimum Gasteiger partial charge on any atom is -0.423 e. The van der Waals surface area contributed by atoms with Crippen molar-refractivity contribution in [3.05, 3.63) is 53.6 Å². The fourth-order valence-electron chi connectivity index (χ4n) is 1.86. The van der Waals surface area contributed by atoms with Gasteiger partial charge in [0.25, 0.3) is 0 Å². The van der Waals surface area contributed by atoms with Crippen molar-refractivity contribution >= 4 is 16.7 Å². The van der Waals surface area contributed by atoms with Crippen LogP contribution in [-0.4, -0.2) is 5.97 Å². The van der Waals surface area contributed by atoms with Gasteiger partial charge in [-0.3, -0.25) is 0 Å². The zero-order valence-corrected chi connectivity index (χ0v) is 10.9. The van der Waals surface area contributed by atoms with Crippen LogP contribution in [0.25, 0.3) is 10.8 Å². The van der Waals surface area contributed by atoms with Gasteiger partial charge in [-0.1, -0.05) is 30.8 Å². The van der Waals surface area contributed by atoms with E-state index in [1.807, 2.05) is 24.3 Å². The summed E-state index contributed by atoms with van der Waals surface area (Å²) in [6, 6.07) is 9.76. The van der Waals surface area contributed by atoms with Crippen molar-refractivity contribution in [2.45, 2.75) is 20.8 Å². The molecule has 0 heterocycles. The van der Waals surface area contributed by atoms with Gasteiger partial charge in [-0.05, 0) is 43.4 Å². The summed E-state index contributed by atoms with van der Waals surface area (Å²) in [5, 5.41) is 2.07. The van der Waals surface area contributed by atoms with Crippen LogP contribution in [0.3, 0.4) is 0 Å². The maximum absolute atomic E-state index is 11.6. The predicted octanol–water partition coefficient (Wildman–Crippen LogP) is 3.94. The van der Waals surface area contributed by atoms with Crippen LogP contribution in [-0.2, 0) is 4.79 Å². The highest BCUT2D eigenvalue weighted by Gasteiger charge is 2.10. The fourth-order valence-corrected chi connectivity index (χ4v) is 1.86. The van der Waals surface area contributed by atoms with Crippen molar-refractivity contribution in [3.8, 4) is 5.75 Å². The topological polar surface area (TPSA) is 26.3 Å². The first-order valence-electron chi connectivity index (χ1n) is 5.87. The third kappa shape index (κ3) is 2.14. The summed E-state index contributed by atoms with van der Waals surface area (Å²) in [5.74, 6) is 0.198. The number of fused-ring (bicyclic) bond motifs is 1. The smallest absolute Gasteiger partial charge is 0.338 e. The van der Waals surface area contributed by atoms with E-state index < -0.39 is 0 Å². The van der Waals surface area contributed by atoms with Crippen molar-refractivity contribution in [2.24, 2.45) is 0 Å². The number of ether oxygens (including phenoxy) is 1. The molecule has 0 spiro atoms. The van der Waals surface area contributed by atoms with E-state index in [0.29, 0.717) is 11.3 Å². The highest BCUT2D eigenvalue weighted by Crippen LogP contribution is 2.29. The second-order valence-electron chi connectivity index (χ2n) is 4.53. The zero-order valence-electron chi connectivity index (χ0n) is 10.9. The van der Waals surface area contributed by atoms with Gasteiger partial charge in [-0.2, -0.15) is 0 Å². The number of rotatable bonds is 2.